The van der Waals surface area contributed by atoms with Crippen molar-refractivity contribution in [3.8, 4) is 0 Å². The topological polar surface area (TPSA) is 74.8 Å². The Morgan fingerprint density at radius 2 is 1.47 bits per heavy atom. The molecule has 0 amide bonds. The first kappa shape index (κ1) is 13.1. The van der Waals surface area contributed by atoms with Gasteiger partial charge in [-0.1, -0.05) is 18.2 Å². The summed E-state index contributed by atoms with van der Waals surface area (Å²) in [4.78, 5) is 0. The van der Waals surface area contributed by atoms with Crippen LogP contribution in [0.1, 0.15) is 0 Å². The van der Waals surface area contributed by atoms with E-state index < -0.39 is 0 Å². The lowest BCUT2D eigenvalue weighted by molar-refractivity contribution is 1.04. The van der Waals surface area contributed by atoms with Gasteiger partial charge in [-0.05, 0) is 48.6 Å². The van der Waals surface area contributed by atoms with E-state index in [0.717, 1.165) is 17.1 Å². The molecule has 0 heterocycles. The van der Waals surface area contributed by atoms with E-state index in [1.165, 1.54) is 0 Å². The highest BCUT2D eigenvalue weighted by Crippen LogP contribution is 2.19. The van der Waals surface area contributed by atoms with E-state index in [4.69, 9.17) is 18.1 Å². The van der Waals surface area contributed by atoms with E-state index in [9.17, 15) is 0 Å². The van der Waals surface area contributed by atoms with Gasteiger partial charge < -0.3 is 10.7 Å². The molecular formula is C13H13N5S. The highest BCUT2D eigenvalue weighted by molar-refractivity contribution is 7.80. The number of nitrogens with one attached hydrogen (secondary N) is 2. The Hall–Kier alpha value is -2.31. The third-order valence-electron chi connectivity index (χ3n) is 2.29. The van der Waals surface area contributed by atoms with Crippen molar-refractivity contribution in [2.45, 2.75) is 0 Å². The Bertz CT molecular complexity index is 565. The van der Waals surface area contributed by atoms with Crippen molar-refractivity contribution in [2.24, 2.45) is 16.1 Å². The number of hydrogen-bond acceptors (Lipinski definition) is 4. The molecule has 0 atom stereocenters. The number of azo groups is 1. The predicted octanol–water partition coefficient (Wildman–Crippen LogP) is 3.26. The molecule has 2 rings (SSSR count). The third kappa shape index (κ3) is 4.13. The molecular weight excluding hydrogens is 258 g/mol. The van der Waals surface area contributed by atoms with Crippen LogP contribution in [0.5, 0.6) is 0 Å². The summed E-state index contributed by atoms with van der Waals surface area (Å²) in [5, 5.41) is 11.5. The normalized spacial score (nSPS) is 10.4. The molecule has 0 aromatic heterocycles. The van der Waals surface area contributed by atoms with Crippen LogP contribution in [0.25, 0.3) is 0 Å². The molecule has 0 radical (unpaired) electrons. The first-order chi connectivity index (χ1) is 9.28. The lowest BCUT2D eigenvalue weighted by Gasteiger charge is -2.06. The van der Waals surface area contributed by atoms with Gasteiger partial charge in [0.2, 0.25) is 0 Å². The van der Waals surface area contributed by atoms with Crippen molar-refractivity contribution in [2.75, 3.05) is 5.32 Å². The van der Waals surface area contributed by atoms with Gasteiger partial charge in [-0.2, -0.15) is 10.2 Å². The second kappa shape index (κ2) is 6.58. The van der Waals surface area contributed by atoms with E-state index in [0.29, 0.717) is 5.11 Å². The van der Waals surface area contributed by atoms with E-state index in [-0.39, 0.29) is 0 Å². The average molecular weight is 271 g/mol. The third-order valence-corrected chi connectivity index (χ3v) is 2.51. The molecule has 2 aromatic rings. The fraction of sp³-hybridized carbons (Fsp3) is 0. The van der Waals surface area contributed by atoms with Gasteiger partial charge in [0.1, 0.15) is 0 Å². The zero-order chi connectivity index (χ0) is 13.5. The van der Waals surface area contributed by atoms with Gasteiger partial charge in [-0.15, -0.1) is 0 Å². The molecule has 2 aromatic carbocycles. The maximum atomic E-state index is 5.17. The van der Waals surface area contributed by atoms with Gasteiger partial charge in [0.25, 0.3) is 0 Å². The number of anilines is 1. The van der Waals surface area contributed by atoms with Crippen LogP contribution in [0.2, 0.25) is 0 Å². The van der Waals surface area contributed by atoms with E-state index in [1.54, 1.807) is 0 Å². The fourth-order valence-corrected chi connectivity index (χ4v) is 1.51. The lowest BCUT2D eigenvalue weighted by atomic mass is 10.3. The zero-order valence-corrected chi connectivity index (χ0v) is 10.9. The molecule has 0 aliphatic carbocycles. The number of hydrazine groups is 1. The summed E-state index contributed by atoms with van der Waals surface area (Å²) < 4.78 is 0. The summed E-state index contributed by atoms with van der Waals surface area (Å²) in [5.41, 5.74) is 4.77. The van der Waals surface area contributed by atoms with Crippen LogP contribution in [-0.4, -0.2) is 5.11 Å². The van der Waals surface area contributed by atoms with Gasteiger partial charge in [0, 0.05) is 5.69 Å². The van der Waals surface area contributed by atoms with Crippen LogP contribution in [-0.2, 0) is 0 Å². The first-order valence-corrected chi connectivity index (χ1v) is 6.03. The van der Waals surface area contributed by atoms with Gasteiger partial charge >= 0.3 is 0 Å². The van der Waals surface area contributed by atoms with Gasteiger partial charge in [0.05, 0.1) is 11.4 Å². The SMILES string of the molecule is NNC(=S)Nc1ccc(N=Nc2ccccc2)cc1. The second-order valence-corrected chi connectivity index (χ2v) is 4.09. The number of nitrogens with two attached hydrogens (primary N) is 1. The molecule has 0 unspecified atom stereocenters. The quantitative estimate of drug-likeness (QED) is 0.347. The average Bonchev–Trinajstić information content (AvgIpc) is 2.47. The van der Waals surface area contributed by atoms with Gasteiger partial charge in [-0.3, -0.25) is 0 Å². The smallest absolute Gasteiger partial charge is 0.185 e. The number of rotatable bonds is 3. The van der Waals surface area contributed by atoms with Crippen LogP contribution in [0.15, 0.2) is 64.8 Å². The van der Waals surface area contributed by atoms with Gasteiger partial charge in [0.15, 0.2) is 5.11 Å². The highest BCUT2D eigenvalue weighted by atomic mass is 32.1. The van der Waals surface area contributed by atoms with Crippen molar-refractivity contribution in [1.82, 2.24) is 5.43 Å². The molecule has 96 valence electrons. The van der Waals surface area contributed by atoms with E-state index in [1.807, 2.05) is 54.6 Å². The van der Waals surface area contributed by atoms with Crippen molar-refractivity contribution >= 4 is 34.4 Å². The molecule has 6 heteroatoms. The Kier molecular flexibility index (Phi) is 4.54. The molecule has 0 aliphatic rings. The lowest BCUT2D eigenvalue weighted by Crippen LogP contribution is -2.34. The minimum atomic E-state index is 0.360. The molecule has 0 fully saturated rings. The largest absolute Gasteiger partial charge is 0.332 e. The van der Waals surface area contributed by atoms with Crippen LogP contribution < -0.4 is 16.6 Å². The molecule has 4 N–H and O–H groups in total. The Morgan fingerprint density at radius 1 is 0.895 bits per heavy atom. The molecule has 0 saturated heterocycles. The summed E-state index contributed by atoms with van der Waals surface area (Å²) in [6, 6.07) is 16.9. The van der Waals surface area contributed by atoms with E-state index in [2.05, 4.69) is 21.0 Å². The zero-order valence-electron chi connectivity index (χ0n) is 10.1. The van der Waals surface area contributed by atoms with Crippen LogP contribution in [0.4, 0.5) is 17.1 Å². The molecule has 0 spiro atoms. The van der Waals surface area contributed by atoms with Crippen LogP contribution in [0.3, 0.4) is 0 Å². The van der Waals surface area contributed by atoms with E-state index >= 15 is 0 Å². The predicted molar refractivity (Wildman–Crippen MR) is 80.6 cm³/mol. The molecule has 0 bridgehead atoms. The first-order valence-electron chi connectivity index (χ1n) is 5.62. The number of benzene rings is 2. The van der Waals surface area contributed by atoms with Crippen molar-refractivity contribution in [3.63, 3.8) is 0 Å². The standard InChI is InChI=1S/C13H13N5S/c14-16-13(19)15-10-6-8-12(9-7-10)18-17-11-4-2-1-3-5-11/h1-9H,14H2,(H2,15,16,19). The Labute approximate surface area is 116 Å². The van der Waals surface area contributed by atoms with Crippen molar-refractivity contribution in [3.05, 3.63) is 54.6 Å². The maximum Gasteiger partial charge on any atom is 0.185 e. The Morgan fingerprint density at radius 3 is 2.05 bits per heavy atom. The van der Waals surface area contributed by atoms with Crippen LogP contribution in [0, 0.1) is 0 Å². The fourth-order valence-electron chi connectivity index (χ4n) is 1.39. The van der Waals surface area contributed by atoms with Crippen molar-refractivity contribution < 1.29 is 0 Å². The summed E-state index contributed by atoms with van der Waals surface area (Å²) in [6.07, 6.45) is 0. The monoisotopic (exact) mass is 271 g/mol. The molecule has 0 saturated carbocycles. The number of hydrogen-bond donors (Lipinski definition) is 3. The number of thiocarbonyl (C=S) groups is 1. The summed E-state index contributed by atoms with van der Waals surface area (Å²) in [5.74, 6) is 5.17. The van der Waals surface area contributed by atoms with Crippen LogP contribution >= 0.6 is 12.2 Å². The minimum Gasteiger partial charge on any atom is -0.332 e. The summed E-state index contributed by atoms with van der Waals surface area (Å²) in [7, 11) is 0. The minimum absolute atomic E-state index is 0.360. The highest BCUT2D eigenvalue weighted by Gasteiger charge is 1.95. The molecule has 5 nitrogen and oxygen atoms in total. The summed E-state index contributed by atoms with van der Waals surface area (Å²) in [6.45, 7) is 0. The Balaban J connectivity index is 2.03. The number of nitrogens with zero attached hydrogens (tertiary/aromatic N) is 2. The second-order valence-electron chi connectivity index (χ2n) is 3.68. The molecule has 19 heavy (non-hydrogen) atoms. The van der Waals surface area contributed by atoms with Gasteiger partial charge in [-0.25, -0.2) is 5.84 Å². The summed E-state index contributed by atoms with van der Waals surface area (Å²) >= 11 is 4.90. The molecule has 0 aliphatic heterocycles. The van der Waals surface area contributed by atoms with Crippen molar-refractivity contribution in [1.29, 1.82) is 0 Å². The maximum absolute atomic E-state index is 5.17.